The minimum Gasteiger partial charge on any atom is -0.449 e. The average Bonchev–Trinajstić information content (AvgIpc) is 3.39. The van der Waals surface area contributed by atoms with Crippen molar-refractivity contribution in [3.05, 3.63) is 39.4 Å². The van der Waals surface area contributed by atoms with E-state index < -0.39 is 6.09 Å². The molecule has 7 nitrogen and oxygen atoms in total. The van der Waals surface area contributed by atoms with Crippen LogP contribution < -0.4 is 21.9 Å². The third kappa shape index (κ3) is 3.11. The number of pyridine rings is 1. The smallest absolute Gasteiger partial charge is 0.404 e. The van der Waals surface area contributed by atoms with E-state index in [1.807, 2.05) is 11.8 Å². The van der Waals surface area contributed by atoms with E-state index in [0.29, 0.717) is 29.7 Å². The molecular weight excluding hydrogens is 363 g/mol. The highest BCUT2D eigenvalue weighted by molar-refractivity contribution is 5.91. The van der Waals surface area contributed by atoms with E-state index in [9.17, 15) is 9.59 Å². The van der Waals surface area contributed by atoms with Crippen molar-refractivity contribution in [2.45, 2.75) is 38.8 Å². The van der Waals surface area contributed by atoms with E-state index in [0.717, 1.165) is 30.3 Å². The van der Waals surface area contributed by atoms with Crippen LogP contribution in [0.1, 0.15) is 36.4 Å². The third-order valence-corrected chi connectivity index (χ3v) is 5.81. The summed E-state index contributed by atoms with van der Waals surface area (Å²) in [5, 5.41) is 0.709. The molecule has 2 fully saturated rings. The van der Waals surface area contributed by atoms with Gasteiger partial charge in [-0.3, -0.25) is 4.79 Å². The lowest BCUT2D eigenvalue weighted by atomic mass is 10.00. The maximum absolute atomic E-state index is 15.5. The third-order valence-electron chi connectivity index (χ3n) is 5.81. The number of hydrogen-bond donors (Lipinski definition) is 2. The van der Waals surface area contributed by atoms with Crippen LogP contribution in [0.4, 0.5) is 14.9 Å². The molecule has 8 heteroatoms. The fraction of sp³-hybridized carbons (Fsp3) is 0.500. The van der Waals surface area contributed by atoms with E-state index in [1.54, 1.807) is 10.6 Å². The van der Waals surface area contributed by atoms with Gasteiger partial charge in [0.05, 0.1) is 17.8 Å². The molecule has 1 aromatic heterocycles. The fourth-order valence-corrected chi connectivity index (χ4v) is 4.36. The summed E-state index contributed by atoms with van der Waals surface area (Å²) < 4.78 is 22.2. The number of amides is 1. The van der Waals surface area contributed by atoms with E-state index >= 15 is 4.39 Å². The second-order valence-corrected chi connectivity index (χ2v) is 7.74. The Balaban J connectivity index is 1.82. The van der Waals surface area contributed by atoms with Gasteiger partial charge in [-0.1, -0.05) is 0 Å². The van der Waals surface area contributed by atoms with Gasteiger partial charge in [0.1, 0.15) is 0 Å². The molecule has 0 spiro atoms. The molecule has 2 aliphatic rings. The van der Waals surface area contributed by atoms with Crippen LogP contribution in [0.25, 0.3) is 10.9 Å². The Bertz CT molecular complexity index is 999. The van der Waals surface area contributed by atoms with Gasteiger partial charge in [0.15, 0.2) is 5.82 Å². The maximum Gasteiger partial charge on any atom is 0.404 e. The molecule has 1 amide bonds. The second kappa shape index (κ2) is 7.09. The molecule has 1 aliphatic carbocycles. The highest BCUT2D eigenvalue weighted by atomic mass is 19.1. The Morgan fingerprint density at radius 2 is 2.07 bits per heavy atom. The number of aryl methyl sites for hydroxylation is 1. The summed E-state index contributed by atoms with van der Waals surface area (Å²) in [5.41, 5.74) is 13.4. The van der Waals surface area contributed by atoms with Gasteiger partial charge in [-0.25, -0.2) is 9.18 Å². The number of nitrogens with two attached hydrogens (primary N) is 2. The number of rotatable bonds is 5. The Morgan fingerprint density at radius 1 is 1.32 bits per heavy atom. The molecule has 1 aliphatic heterocycles. The monoisotopic (exact) mass is 388 g/mol. The summed E-state index contributed by atoms with van der Waals surface area (Å²) >= 11 is 0. The molecule has 1 unspecified atom stereocenters. The summed E-state index contributed by atoms with van der Waals surface area (Å²) in [5.74, 6) is -0.241. The first kappa shape index (κ1) is 18.7. The number of fused-ring (bicyclic) bond motifs is 1. The summed E-state index contributed by atoms with van der Waals surface area (Å²) in [7, 11) is 0. The van der Waals surface area contributed by atoms with Crippen molar-refractivity contribution in [2.75, 3.05) is 24.6 Å². The van der Waals surface area contributed by atoms with Crippen LogP contribution in [0.15, 0.2) is 16.9 Å². The zero-order chi connectivity index (χ0) is 20.0. The number of anilines is 1. The molecule has 28 heavy (non-hydrogen) atoms. The maximum atomic E-state index is 15.5. The number of nitrogens with zero attached hydrogens (tertiary/aromatic N) is 2. The number of aromatic nitrogens is 1. The van der Waals surface area contributed by atoms with Gasteiger partial charge >= 0.3 is 6.09 Å². The molecular formula is C20H25FN4O3. The predicted octanol–water partition coefficient (Wildman–Crippen LogP) is 2.16. The molecule has 4 N–H and O–H groups in total. The van der Waals surface area contributed by atoms with Gasteiger partial charge in [-0.15, -0.1) is 0 Å². The highest BCUT2D eigenvalue weighted by Gasteiger charge is 2.32. The van der Waals surface area contributed by atoms with E-state index in [-0.39, 0.29) is 36.5 Å². The van der Waals surface area contributed by atoms with Gasteiger partial charge < -0.3 is 25.7 Å². The molecule has 2 heterocycles. The van der Waals surface area contributed by atoms with Crippen LogP contribution in [0.5, 0.6) is 0 Å². The minimum atomic E-state index is -0.801. The van der Waals surface area contributed by atoms with Crippen molar-refractivity contribution < 1.29 is 13.9 Å². The number of hydrogen-bond acceptors (Lipinski definition) is 5. The second-order valence-electron chi connectivity index (χ2n) is 7.74. The fourth-order valence-electron chi connectivity index (χ4n) is 4.36. The van der Waals surface area contributed by atoms with Crippen molar-refractivity contribution in [3.63, 3.8) is 0 Å². The van der Waals surface area contributed by atoms with E-state index in [4.69, 9.17) is 16.2 Å². The summed E-state index contributed by atoms with van der Waals surface area (Å²) in [6.07, 6.45) is 1.89. The first-order valence-electron chi connectivity index (χ1n) is 9.65. The molecule has 1 atom stereocenters. The molecule has 1 saturated heterocycles. The molecule has 150 valence electrons. The number of ether oxygens (including phenoxy) is 1. The predicted molar refractivity (Wildman–Crippen MR) is 105 cm³/mol. The van der Waals surface area contributed by atoms with Crippen LogP contribution in [0, 0.1) is 18.7 Å². The summed E-state index contributed by atoms with van der Waals surface area (Å²) in [6.45, 7) is 3.34. The largest absolute Gasteiger partial charge is 0.449 e. The van der Waals surface area contributed by atoms with E-state index in [1.165, 1.54) is 6.07 Å². The summed E-state index contributed by atoms with van der Waals surface area (Å²) in [4.78, 5) is 25.4. The SMILES string of the molecule is Cc1c(N2CCC(COC(N)=O)C2)c(F)c(CN)c2ccc(=O)n(C3CC3)c12. The first-order chi connectivity index (χ1) is 13.4. The number of primary amides is 1. The first-order valence-corrected chi connectivity index (χ1v) is 9.65. The zero-order valence-electron chi connectivity index (χ0n) is 15.9. The quantitative estimate of drug-likeness (QED) is 0.817. The number of carbonyl (C=O) groups is 1. The van der Waals surface area contributed by atoms with Crippen molar-refractivity contribution >= 4 is 22.7 Å². The van der Waals surface area contributed by atoms with Gasteiger partial charge in [0.25, 0.3) is 5.56 Å². The van der Waals surface area contributed by atoms with Gasteiger partial charge in [-0.2, -0.15) is 0 Å². The van der Waals surface area contributed by atoms with Crippen molar-refractivity contribution in [1.29, 1.82) is 0 Å². The standard InChI is InChI=1S/C20H25FN4O3/c1-11-18-14(4-5-16(26)25(18)13-2-3-13)15(8-22)17(21)19(11)24-7-6-12(9-24)10-28-20(23)27/h4-5,12-13H,2-3,6-10,22H2,1H3,(H2,23,27). The van der Waals surface area contributed by atoms with Crippen LogP contribution in [-0.2, 0) is 11.3 Å². The van der Waals surface area contributed by atoms with Crippen LogP contribution in [0.2, 0.25) is 0 Å². The van der Waals surface area contributed by atoms with Crippen molar-refractivity contribution in [3.8, 4) is 0 Å². The van der Waals surface area contributed by atoms with Crippen LogP contribution in [0.3, 0.4) is 0 Å². The topological polar surface area (TPSA) is 104 Å². The van der Waals surface area contributed by atoms with Gasteiger partial charge in [0, 0.05) is 48.6 Å². The van der Waals surface area contributed by atoms with Gasteiger partial charge in [0.2, 0.25) is 0 Å². The normalized spacial score (nSPS) is 19.4. The molecule has 1 saturated carbocycles. The molecule has 0 radical (unpaired) electrons. The van der Waals surface area contributed by atoms with Crippen LogP contribution >= 0.6 is 0 Å². The lowest BCUT2D eigenvalue weighted by Crippen LogP contribution is -2.27. The summed E-state index contributed by atoms with van der Waals surface area (Å²) in [6, 6.07) is 3.37. The molecule has 2 aromatic rings. The van der Waals surface area contributed by atoms with Gasteiger partial charge in [-0.05, 0) is 37.8 Å². The van der Waals surface area contributed by atoms with Crippen molar-refractivity contribution in [1.82, 2.24) is 4.57 Å². The van der Waals surface area contributed by atoms with Crippen LogP contribution in [-0.4, -0.2) is 30.4 Å². The highest BCUT2D eigenvalue weighted by Crippen LogP contribution is 2.41. The minimum absolute atomic E-state index is 0.0561. The Labute approximate surface area is 162 Å². The van der Waals surface area contributed by atoms with E-state index in [2.05, 4.69) is 0 Å². The number of benzene rings is 1. The molecule has 0 bridgehead atoms. The Hall–Kier alpha value is -2.61. The number of carbonyl (C=O) groups excluding carboxylic acids is 1. The number of halogens is 1. The molecule has 1 aromatic carbocycles. The molecule has 4 rings (SSSR count). The average molecular weight is 388 g/mol. The lowest BCUT2D eigenvalue weighted by Gasteiger charge is -2.26. The Kier molecular flexibility index (Phi) is 4.74. The Morgan fingerprint density at radius 3 is 2.71 bits per heavy atom. The lowest BCUT2D eigenvalue weighted by molar-refractivity contribution is 0.140. The van der Waals surface area contributed by atoms with Crippen molar-refractivity contribution in [2.24, 2.45) is 17.4 Å². The zero-order valence-corrected chi connectivity index (χ0v) is 15.9.